The molecule has 4 heteroatoms. The van der Waals surface area contributed by atoms with E-state index in [9.17, 15) is 4.79 Å². The van der Waals surface area contributed by atoms with Crippen LogP contribution in [0.15, 0.2) is 47.1 Å². The van der Waals surface area contributed by atoms with E-state index in [1.807, 2.05) is 17.9 Å². The first-order valence-electron chi connectivity index (χ1n) is 9.75. The summed E-state index contributed by atoms with van der Waals surface area (Å²) in [5, 5.41) is 0. The lowest BCUT2D eigenvalue weighted by molar-refractivity contribution is 0.0665. The Hall–Kier alpha value is -2.07. The Morgan fingerprint density at radius 3 is 2.73 bits per heavy atom. The van der Waals surface area contributed by atoms with E-state index in [1.165, 1.54) is 24.9 Å². The fraction of sp³-hybridized carbons (Fsp3) is 0.500. The maximum atomic E-state index is 12.8. The van der Waals surface area contributed by atoms with E-state index in [0.29, 0.717) is 5.76 Å². The second kappa shape index (κ2) is 7.28. The molecule has 0 N–H and O–H groups in total. The van der Waals surface area contributed by atoms with E-state index in [0.717, 1.165) is 44.6 Å². The lowest BCUT2D eigenvalue weighted by Gasteiger charge is -2.40. The molecule has 0 aliphatic carbocycles. The van der Waals surface area contributed by atoms with E-state index >= 15 is 0 Å². The molecule has 26 heavy (non-hydrogen) atoms. The minimum atomic E-state index is 0.0609. The van der Waals surface area contributed by atoms with Gasteiger partial charge in [-0.2, -0.15) is 0 Å². The number of benzene rings is 1. The largest absolute Gasteiger partial charge is 0.459 e. The Balaban J connectivity index is 1.36. The minimum Gasteiger partial charge on any atom is -0.459 e. The van der Waals surface area contributed by atoms with Crippen LogP contribution in [0.25, 0.3) is 0 Å². The van der Waals surface area contributed by atoms with E-state index in [2.05, 4.69) is 35.2 Å². The van der Waals surface area contributed by atoms with Crippen LogP contribution in [0.3, 0.4) is 0 Å². The van der Waals surface area contributed by atoms with Crippen molar-refractivity contribution >= 4 is 5.91 Å². The second-order valence-corrected chi connectivity index (χ2v) is 8.02. The Morgan fingerprint density at radius 2 is 1.96 bits per heavy atom. The summed E-state index contributed by atoms with van der Waals surface area (Å²) in [6.07, 6.45) is 6.29. The topological polar surface area (TPSA) is 36.7 Å². The third-order valence-corrected chi connectivity index (χ3v) is 6.08. The summed E-state index contributed by atoms with van der Waals surface area (Å²) in [6.45, 7) is 7.06. The number of carbonyl (C=O) groups is 1. The Labute approximate surface area is 155 Å². The molecule has 2 fully saturated rings. The monoisotopic (exact) mass is 352 g/mol. The third-order valence-electron chi connectivity index (χ3n) is 6.08. The van der Waals surface area contributed by atoms with E-state index in [-0.39, 0.29) is 11.3 Å². The first-order valence-corrected chi connectivity index (χ1v) is 9.75. The molecule has 4 rings (SSSR count). The maximum absolute atomic E-state index is 12.8. The summed E-state index contributed by atoms with van der Waals surface area (Å²) in [5.41, 5.74) is 2.61. The lowest BCUT2D eigenvalue weighted by atomic mass is 9.79. The van der Waals surface area contributed by atoms with Crippen LogP contribution in [0.5, 0.6) is 0 Å². The van der Waals surface area contributed by atoms with Crippen molar-refractivity contribution in [2.45, 2.75) is 32.6 Å². The zero-order valence-electron chi connectivity index (χ0n) is 15.6. The standard InChI is InChI=1S/C22H28N2O2/c1-18-9-15-26-20(18)21(25)24-14-11-22(17-24)10-5-12-23(16-22)13-8-19-6-3-2-4-7-19/h2-4,6-7,9,15H,5,8,10-14,16-17H2,1H3. The minimum absolute atomic E-state index is 0.0609. The number of likely N-dealkylation sites (tertiary alicyclic amines) is 2. The van der Waals surface area contributed by atoms with Gasteiger partial charge in [0.05, 0.1) is 6.26 Å². The van der Waals surface area contributed by atoms with Crippen LogP contribution < -0.4 is 0 Å². The Kier molecular flexibility index (Phi) is 4.86. The van der Waals surface area contributed by atoms with Gasteiger partial charge in [0.15, 0.2) is 5.76 Å². The van der Waals surface area contributed by atoms with Crippen LogP contribution in [-0.4, -0.2) is 48.4 Å². The average Bonchev–Trinajstić information content (AvgIpc) is 3.27. The molecular weight excluding hydrogens is 324 g/mol. The quantitative estimate of drug-likeness (QED) is 0.841. The molecular formula is C22H28N2O2. The number of amides is 1. The van der Waals surface area contributed by atoms with Crippen molar-refractivity contribution in [1.82, 2.24) is 9.80 Å². The van der Waals surface area contributed by atoms with Crippen LogP contribution in [0.2, 0.25) is 0 Å². The molecule has 138 valence electrons. The number of aryl methyl sites for hydroxylation is 1. The Morgan fingerprint density at radius 1 is 1.12 bits per heavy atom. The first-order chi connectivity index (χ1) is 12.7. The van der Waals surface area contributed by atoms with E-state index in [4.69, 9.17) is 4.42 Å². The van der Waals surface area contributed by atoms with Gasteiger partial charge in [-0.05, 0) is 50.8 Å². The molecule has 1 unspecified atom stereocenters. The van der Waals surface area contributed by atoms with Gasteiger partial charge in [-0.25, -0.2) is 0 Å². The van der Waals surface area contributed by atoms with Crippen LogP contribution in [-0.2, 0) is 6.42 Å². The summed E-state index contributed by atoms with van der Waals surface area (Å²) in [6, 6.07) is 12.6. The molecule has 1 aromatic carbocycles. The van der Waals surface area contributed by atoms with Crippen molar-refractivity contribution in [2.75, 3.05) is 32.7 Å². The van der Waals surface area contributed by atoms with Crippen LogP contribution in [0.4, 0.5) is 0 Å². The number of furan rings is 1. The highest BCUT2D eigenvalue weighted by Gasteiger charge is 2.43. The van der Waals surface area contributed by atoms with Crippen molar-refractivity contribution in [3.8, 4) is 0 Å². The van der Waals surface area contributed by atoms with Gasteiger partial charge in [-0.1, -0.05) is 30.3 Å². The van der Waals surface area contributed by atoms with Gasteiger partial charge in [0.2, 0.25) is 0 Å². The molecule has 1 amide bonds. The zero-order chi connectivity index (χ0) is 18.0. The maximum Gasteiger partial charge on any atom is 0.289 e. The highest BCUT2D eigenvalue weighted by Crippen LogP contribution is 2.39. The smallest absolute Gasteiger partial charge is 0.289 e. The summed E-state index contributed by atoms with van der Waals surface area (Å²) in [4.78, 5) is 17.4. The van der Waals surface area contributed by atoms with Gasteiger partial charge in [0.1, 0.15) is 0 Å². The van der Waals surface area contributed by atoms with Gasteiger partial charge >= 0.3 is 0 Å². The van der Waals surface area contributed by atoms with Crippen LogP contribution in [0, 0.1) is 12.3 Å². The van der Waals surface area contributed by atoms with Crippen LogP contribution in [0.1, 0.15) is 40.9 Å². The number of piperidine rings is 1. The third kappa shape index (κ3) is 3.56. The molecule has 1 spiro atoms. The number of rotatable bonds is 4. The SMILES string of the molecule is Cc1ccoc1C(=O)N1CCC2(CCCN(CCc3ccccc3)C2)C1. The number of nitrogens with zero attached hydrogens (tertiary/aromatic N) is 2. The van der Waals surface area contributed by atoms with Crippen molar-refractivity contribution < 1.29 is 9.21 Å². The fourth-order valence-corrected chi connectivity index (χ4v) is 4.61. The van der Waals surface area contributed by atoms with E-state index < -0.39 is 0 Å². The van der Waals surface area contributed by atoms with E-state index in [1.54, 1.807) is 6.26 Å². The molecule has 0 radical (unpaired) electrons. The van der Waals surface area contributed by atoms with Crippen molar-refractivity contribution in [2.24, 2.45) is 5.41 Å². The Bertz CT molecular complexity index is 755. The average molecular weight is 352 g/mol. The summed E-state index contributed by atoms with van der Waals surface area (Å²) in [7, 11) is 0. The number of hydrogen-bond donors (Lipinski definition) is 0. The van der Waals surface area contributed by atoms with Crippen molar-refractivity contribution in [1.29, 1.82) is 0 Å². The molecule has 1 atom stereocenters. The van der Waals surface area contributed by atoms with Crippen LogP contribution >= 0.6 is 0 Å². The fourth-order valence-electron chi connectivity index (χ4n) is 4.61. The molecule has 3 heterocycles. The molecule has 2 aliphatic rings. The molecule has 1 aromatic heterocycles. The lowest BCUT2D eigenvalue weighted by Crippen LogP contribution is -2.46. The summed E-state index contributed by atoms with van der Waals surface area (Å²) >= 11 is 0. The highest BCUT2D eigenvalue weighted by molar-refractivity contribution is 5.93. The van der Waals surface area contributed by atoms with Crippen molar-refractivity contribution in [3.63, 3.8) is 0 Å². The zero-order valence-corrected chi connectivity index (χ0v) is 15.6. The molecule has 2 aliphatic heterocycles. The first kappa shape index (κ1) is 17.3. The second-order valence-electron chi connectivity index (χ2n) is 8.02. The van der Waals surface area contributed by atoms with Gasteiger partial charge in [0, 0.05) is 37.2 Å². The molecule has 2 aromatic rings. The van der Waals surface area contributed by atoms with Gasteiger partial charge in [-0.3, -0.25) is 4.79 Å². The molecule has 2 saturated heterocycles. The molecule has 0 bridgehead atoms. The highest BCUT2D eigenvalue weighted by atomic mass is 16.3. The predicted molar refractivity (Wildman–Crippen MR) is 102 cm³/mol. The summed E-state index contributed by atoms with van der Waals surface area (Å²) in [5.74, 6) is 0.574. The predicted octanol–water partition coefficient (Wildman–Crippen LogP) is 3.76. The number of hydrogen-bond acceptors (Lipinski definition) is 3. The molecule has 4 nitrogen and oxygen atoms in total. The molecule has 0 saturated carbocycles. The van der Waals surface area contributed by atoms with Gasteiger partial charge in [0.25, 0.3) is 5.91 Å². The normalized spacial score (nSPS) is 23.7. The summed E-state index contributed by atoms with van der Waals surface area (Å²) < 4.78 is 5.42. The van der Waals surface area contributed by atoms with Crippen molar-refractivity contribution in [3.05, 3.63) is 59.5 Å². The number of carbonyl (C=O) groups excluding carboxylic acids is 1. The van der Waals surface area contributed by atoms with Gasteiger partial charge in [-0.15, -0.1) is 0 Å². The van der Waals surface area contributed by atoms with Gasteiger partial charge < -0.3 is 14.2 Å².